The highest BCUT2D eigenvalue weighted by atomic mass is 16.2. The summed E-state index contributed by atoms with van der Waals surface area (Å²) in [5, 5.41) is 2.75. The number of fused-ring (bicyclic) bond motifs is 1. The van der Waals surface area contributed by atoms with Gasteiger partial charge in [0.05, 0.1) is 5.57 Å². The lowest BCUT2D eigenvalue weighted by atomic mass is 10.1. The fourth-order valence-electron chi connectivity index (χ4n) is 2.46. The minimum Gasteiger partial charge on any atom is -0.359 e. The average Bonchev–Trinajstić information content (AvgIpc) is 2.91. The normalized spacial score (nSPS) is 15.4. The highest BCUT2D eigenvalue weighted by molar-refractivity contribution is 6.35. The van der Waals surface area contributed by atoms with Crippen LogP contribution < -0.4 is 10.9 Å². The lowest BCUT2D eigenvalue weighted by Crippen LogP contribution is -2.26. The van der Waals surface area contributed by atoms with Gasteiger partial charge in [0.2, 0.25) is 5.95 Å². The van der Waals surface area contributed by atoms with Crippen LogP contribution in [0.3, 0.4) is 0 Å². The number of rotatable bonds is 2. The molecule has 1 aliphatic rings. The summed E-state index contributed by atoms with van der Waals surface area (Å²) < 4.78 is 1.54. The van der Waals surface area contributed by atoms with Crippen molar-refractivity contribution in [2.24, 2.45) is 7.05 Å². The van der Waals surface area contributed by atoms with Crippen molar-refractivity contribution in [1.82, 2.24) is 24.4 Å². The van der Waals surface area contributed by atoms with E-state index in [1.54, 1.807) is 21.0 Å². The van der Waals surface area contributed by atoms with Crippen molar-refractivity contribution >= 4 is 34.5 Å². The monoisotopic (exact) mass is 302 g/mol. The Morgan fingerprint density at radius 2 is 1.77 bits per heavy atom. The molecule has 0 fully saturated rings. The second-order valence-electron chi connectivity index (χ2n) is 5.00. The molecule has 2 N–H and O–H groups in total. The molecule has 2 aromatic rings. The molecule has 0 saturated heterocycles. The van der Waals surface area contributed by atoms with E-state index in [0.717, 1.165) is 4.90 Å². The number of nitrogens with zero attached hydrogens (tertiary/aromatic N) is 4. The van der Waals surface area contributed by atoms with Gasteiger partial charge in [-0.1, -0.05) is 0 Å². The first kappa shape index (κ1) is 14.0. The SMILES string of the molecule is CNc1nc2c(nc(C3=C(C)C(=O)N(C)C3=O)n2C)c(=O)[nH]1. The zero-order valence-corrected chi connectivity index (χ0v) is 12.5. The Labute approximate surface area is 124 Å². The standard InChI is InChI=1S/C13H14N6O3/c1-5-6(12(22)19(4)11(5)21)8-15-7-9(18(8)3)16-13(14-2)17-10(7)20/h1-4H3,(H2,14,16,17,20). The van der Waals surface area contributed by atoms with Crippen LogP contribution in [-0.4, -0.2) is 50.3 Å². The van der Waals surface area contributed by atoms with Crippen LogP contribution in [0.2, 0.25) is 0 Å². The van der Waals surface area contributed by atoms with Crippen molar-refractivity contribution < 1.29 is 9.59 Å². The lowest BCUT2D eigenvalue weighted by molar-refractivity contribution is -0.135. The molecule has 9 heteroatoms. The Kier molecular flexibility index (Phi) is 2.87. The summed E-state index contributed by atoms with van der Waals surface area (Å²) in [6.45, 7) is 1.56. The Balaban J connectivity index is 2.32. The van der Waals surface area contributed by atoms with Gasteiger partial charge in [0, 0.05) is 26.7 Å². The van der Waals surface area contributed by atoms with Gasteiger partial charge in [0.15, 0.2) is 11.2 Å². The topological polar surface area (TPSA) is 113 Å². The van der Waals surface area contributed by atoms with E-state index in [-0.39, 0.29) is 22.8 Å². The van der Waals surface area contributed by atoms with Crippen molar-refractivity contribution in [3.63, 3.8) is 0 Å². The molecule has 22 heavy (non-hydrogen) atoms. The fourth-order valence-corrected chi connectivity index (χ4v) is 2.46. The summed E-state index contributed by atoms with van der Waals surface area (Å²) >= 11 is 0. The summed E-state index contributed by atoms with van der Waals surface area (Å²) in [4.78, 5) is 48.2. The number of aromatic nitrogens is 4. The molecule has 3 rings (SSSR count). The predicted molar refractivity (Wildman–Crippen MR) is 79.0 cm³/mol. The second kappa shape index (κ2) is 4.52. The molecule has 9 nitrogen and oxygen atoms in total. The van der Waals surface area contributed by atoms with E-state index in [2.05, 4.69) is 20.3 Å². The Morgan fingerprint density at radius 1 is 1.09 bits per heavy atom. The van der Waals surface area contributed by atoms with Gasteiger partial charge >= 0.3 is 0 Å². The first-order chi connectivity index (χ1) is 10.4. The van der Waals surface area contributed by atoms with Gasteiger partial charge < -0.3 is 9.88 Å². The van der Waals surface area contributed by atoms with Crippen LogP contribution in [0.25, 0.3) is 16.7 Å². The summed E-state index contributed by atoms with van der Waals surface area (Å²) in [5.74, 6) is -0.263. The number of likely N-dealkylation sites (N-methyl/N-ethyl adjacent to an activating group) is 1. The van der Waals surface area contributed by atoms with E-state index < -0.39 is 11.5 Å². The number of H-pyrrole nitrogens is 1. The number of carbonyl (C=O) groups is 2. The first-order valence-electron chi connectivity index (χ1n) is 6.55. The van der Waals surface area contributed by atoms with Gasteiger partial charge in [-0.3, -0.25) is 24.3 Å². The Bertz CT molecular complexity index is 920. The Morgan fingerprint density at radius 3 is 2.32 bits per heavy atom. The fraction of sp³-hybridized carbons (Fsp3) is 0.308. The highest BCUT2D eigenvalue weighted by Gasteiger charge is 2.36. The molecule has 0 saturated carbocycles. The van der Waals surface area contributed by atoms with Crippen LogP contribution >= 0.6 is 0 Å². The second-order valence-corrected chi connectivity index (χ2v) is 5.00. The number of imidazole rings is 1. The average molecular weight is 302 g/mol. The van der Waals surface area contributed by atoms with E-state index in [9.17, 15) is 14.4 Å². The minimum atomic E-state index is -0.439. The van der Waals surface area contributed by atoms with E-state index >= 15 is 0 Å². The van der Waals surface area contributed by atoms with E-state index in [1.807, 2.05) is 0 Å². The van der Waals surface area contributed by atoms with E-state index in [4.69, 9.17) is 0 Å². The van der Waals surface area contributed by atoms with Crippen molar-refractivity contribution in [2.75, 3.05) is 19.4 Å². The molecule has 1 aliphatic heterocycles. The molecule has 0 aliphatic carbocycles. The van der Waals surface area contributed by atoms with Gasteiger partial charge in [-0.2, -0.15) is 4.98 Å². The molecule has 0 unspecified atom stereocenters. The third-order valence-electron chi connectivity index (χ3n) is 3.71. The third-order valence-corrected chi connectivity index (χ3v) is 3.71. The molecule has 3 heterocycles. The first-order valence-corrected chi connectivity index (χ1v) is 6.55. The minimum absolute atomic E-state index is 0.117. The molecule has 0 bridgehead atoms. The number of aromatic amines is 1. The number of nitrogens with one attached hydrogen (secondary N) is 2. The zero-order valence-electron chi connectivity index (χ0n) is 12.5. The molecule has 0 atom stereocenters. The number of aryl methyl sites for hydroxylation is 1. The van der Waals surface area contributed by atoms with Gasteiger partial charge in [0.1, 0.15) is 5.82 Å². The van der Waals surface area contributed by atoms with Crippen LogP contribution in [0.5, 0.6) is 0 Å². The summed E-state index contributed by atoms with van der Waals surface area (Å²) in [5.41, 5.74) is 0.527. The molecule has 0 aromatic carbocycles. The molecule has 2 aromatic heterocycles. The van der Waals surface area contributed by atoms with Crippen molar-refractivity contribution in [3.8, 4) is 0 Å². The maximum Gasteiger partial charge on any atom is 0.280 e. The van der Waals surface area contributed by atoms with Crippen LogP contribution in [0, 0.1) is 0 Å². The molecule has 0 spiro atoms. The number of anilines is 1. The summed E-state index contributed by atoms with van der Waals surface area (Å²) in [7, 11) is 4.68. The van der Waals surface area contributed by atoms with Crippen molar-refractivity contribution in [1.29, 1.82) is 0 Å². The van der Waals surface area contributed by atoms with Crippen LogP contribution in [0.4, 0.5) is 5.95 Å². The zero-order chi connectivity index (χ0) is 16.2. The van der Waals surface area contributed by atoms with Crippen LogP contribution in [0.15, 0.2) is 10.4 Å². The van der Waals surface area contributed by atoms with E-state index in [1.165, 1.54) is 11.6 Å². The van der Waals surface area contributed by atoms with Crippen molar-refractivity contribution in [3.05, 3.63) is 21.8 Å². The maximum atomic E-state index is 12.2. The van der Waals surface area contributed by atoms with Gasteiger partial charge in [-0.05, 0) is 6.92 Å². The number of imide groups is 1. The number of hydrogen-bond acceptors (Lipinski definition) is 6. The largest absolute Gasteiger partial charge is 0.359 e. The molecular formula is C13H14N6O3. The van der Waals surface area contributed by atoms with Gasteiger partial charge in [0.25, 0.3) is 17.4 Å². The molecule has 114 valence electrons. The molecule has 2 amide bonds. The quantitative estimate of drug-likeness (QED) is 0.721. The molecule has 0 radical (unpaired) electrons. The third kappa shape index (κ3) is 1.68. The van der Waals surface area contributed by atoms with Gasteiger partial charge in [-0.25, -0.2) is 4.98 Å². The highest BCUT2D eigenvalue weighted by Crippen LogP contribution is 2.28. The number of hydrogen-bond donors (Lipinski definition) is 2. The summed E-state index contributed by atoms with van der Waals surface area (Å²) in [6, 6.07) is 0. The number of amides is 2. The molecular weight excluding hydrogens is 288 g/mol. The van der Waals surface area contributed by atoms with E-state index in [0.29, 0.717) is 17.2 Å². The summed E-state index contributed by atoms with van der Waals surface area (Å²) in [6.07, 6.45) is 0. The van der Waals surface area contributed by atoms with Crippen LogP contribution in [0.1, 0.15) is 12.7 Å². The smallest absolute Gasteiger partial charge is 0.280 e. The maximum absolute atomic E-state index is 12.2. The van der Waals surface area contributed by atoms with Gasteiger partial charge in [-0.15, -0.1) is 0 Å². The number of carbonyl (C=O) groups excluding carboxylic acids is 2. The lowest BCUT2D eigenvalue weighted by Gasteiger charge is -2.06. The van der Waals surface area contributed by atoms with Crippen molar-refractivity contribution in [2.45, 2.75) is 6.92 Å². The predicted octanol–water partition coefficient (Wildman–Crippen LogP) is -0.530. The Hall–Kier alpha value is -2.97. The van der Waals surface area contributed by atoms with Crippen LogP contribution in [-0.2, 0) is 16.6 Å².